The molecule has 2 amide bonds. The summed E-state index contributed by atoms with van der Waals surface area (Å²) in [5.41, 5.74) is 2.18. The van der Waals surface area contributed by atoms with Crippen molar-refractivity contribution >= 4 is 39.5 Å². The maximum absolute atomic E-state index is 12.2. The van der Waals surface area contributed by atoms with Gasteiger partial charge in [0, 0.05) is 28.4 Å². The first-order valence-electron chi connectivity index (χ1n) is 6.76. The Morgan fingerprint density at radius 2 is 2.10 bits per heavy atom. The number of carbonyl (C=O) groups is 2. The molecule has 1 aliphatic rings. The van der Waals surface area contributed by atoms with Gasteiger partial charge in [-0.25, -0.2) is 5.84 Å². The first kappa shape index (κ1) is 16.3. The third-order valence-corrected chi connectivity index (χ3v) is 4.99. The van der Waals surface area contributed by atoms with Gasteiger partial charge in [-0.15, -0.1) is 11.8 Å². The quantitative estimate of drug-likeness (QED) is 0.366. The zero-order valence-electron chi connectivity index (χ0n) is 11.5. The predicted octanol–water partition coefficient (Wildman–Crippen LogP) is 1.77. The molecular formula is C14H18BrN3O2S. The Balaban J connectivity index is 1.78. The van der Waals surface area contributed by atoms with Gasteiger partial charge in [0.2, 0.25) is 11.8 Å². The average Bonchev–Trinajstić information content (AvgIpc) is 2.52. The number of halogens is 1. The standard InChI is InChI=1S/C14H18BrN3O2S/c15-11-2-1-3-12(8-11)21-9-13(19)18-6-4-10(5-7-18)14(20)17-16/h1-3,8,10H,4-7,9,16H2,(H,17,20). The fraction of sp³-hybridized carbons (Fsp3) is 0.429. The minimum absolute atomic E-state index is 0.0724. The van der Waals surface area contributed by atoms with Crippen molar-refractivity contribution in [1.29, 1.82) is 0 Å². The van der Waals surface area contributed by atoms with Gasteiger partial charge in [-0.05, 0) is 31.0 Å². The molecule has 0 radical (unpaired) electrons. The number of rotatable bonds is 4. The van der Waals surface area contributed by atoms with E-state index in [1.807, 2.05) is 29.2 Å². The summed E-state index contributed by atoms with van der Waals surface area (Å²) in [5, 5.41) is 0. The van der Waals surface area contributed by atoms with Crippen molar-refractivity contribution in [2.24, 2.45) is 11.8 Å². The monoisotopic (exact) mass is 371 g/mol. The number of likely N-dealkylation sites (tertiary alicyclic amines) is 1. The molecule has 114 valence electrons. The summed E-state index contributed by atoms with van der Waals surface area (Å²) < 4.78 is 1.01. The normalized spacial score (nSPS) is 15.8. The van der Waals surface area contributed by atoms with Crippen molar-refractivity contribution in [3.05, 3.63) is 28.7 Å². The summed E-state index contributed by atoms with van der Waals surface area (Å²) >= 11 is 4.94. The fourth-order valence-corrected chi connectivity index (χ4v) is 3.71. The number of hydrazine groups is 1. The summed E-state index contributed by atoms with van der Waals surface area (Å²) in [6.07, 6.45) is 1.35. The third kappa shape index (κ3) is 4.72. The first-order valence-corrected chi connectivity index (χ1v) is 8.54. The molecule has 0 spiro atoms. The zero-order valence-corrected chi connectivity index (χ0v) is 14.0. The SMILES string of the molecule is NNC(=O)C1CCN(C(=O)CSc2cccc(Br)c2)CC1. The lowest BCUT2D eigenvalue weighted by molar-refractivity contribution is -0.133. The Labute approximate surface area is 136 Å². The molecular weight excluding hydrogens is 354 g/mol. The van der Waals surface area contributed by atoms with Crippen LogP contribution >= 0.6 is 27.7 Å². The molecule has 0 aliphatic carbocycles. The number of amides is 2. The van der Waals surface area contributed by atoms with Gasteiger partial charge in [0.15, 0.2) is 0 Å². The highest BCUT2D eigenvalue weighted by molar-refractivity contribution is 9.10. The smallest absolute Gasteiger partial charge is 0.237 e. The second-order valence-electron chi connectivity index (χ2n) is 4.91. The second kappa shape index (κ2) is 7.82. The van der Waals surface area contributed by atoms with Gasteiger partial charge >= 0.3 is 0 Å². The number of nitrogens with two attached hydrogens (primary N) is 1. The molecule has 1 fully saturated rings. The molecule has 0 atom stereocenters. The van der Waals surface area contributed by atoms with Gasteiger partial charge in [-0.1, -0.05) is 22.0 Å². The molecule has 0 bridgehead atoms. The minimum Gasteiger partial charge on any atom is -0.342 e. The number of hydrogen-bond donors (Lipinski definition) is 2. The van der Waals surface area contributed by atoms with Crippen LogP contribution in [0.15, 0.2) is 33.6 Å². The number of hydrogen-bond acceptors (Lipinski definition) is 4. The van der Waals surface area contributed by atoms with Crippen molar-refractivity contribution in [2.75, 3.05) is 18.8 Å². The molecule has 0 saturated carbocycles. The van der Waals surface area contributed by atoms with Crippen LogP contribution in [0.25, 0.3) is 0 Å². The molecule has 5 nitrogen and oxygen atoms in total. The van der Waals surface area contributed by atoms with E-state index in [2.05, 4.69) is 21.4 Å². The van der Waals surface area contributed by atoms with E-state index in [4.69, 9.17) is 5.84 Å². The minimum atomic E-state index is -0.134. The molecule has 1 aromatic carbocycles. The number of nitrogens with one attached hydrogen (secondary N) is 1. The van der Waals surface area contributed by atoms with Crippen molar-refractivity contribution in [2.45, 2.75) is 17.7 Å². The van der Waals surface area contributed by atoms with E-state index in [1.54, 1.807) is 0 Å². The maximum Gasteiger partial charge on any atom is 0.237 e. The lowest BCUT2D eigenvalue weighted by atomic mass is 9.96. The van der Waals surface area contributed by atoms with Crippen LogP contribution in [0.1, 0.15) is 12.8 Å². The molecule has 1 saturated heterocycles. The van der Waals surface area contributed by atoms with Crippen LogP contribution in [-0.4, -0.2) is 35.6 Å². The third-order valence-electron chi connectivity index (χ3n) is 3.52. The van der Waals surface area contributed by atoms with Crippen LogP contribution in [0.2, 0.25) is 0 Å². The molecule has 1 aliphatic heterocycles. The van der Waals surface area contributed by atoms with E-state index in [-0.39, 0.29) is 17.7 Å². The largest absolute Gasteiger partial charge is 0.342 e. The van der Waals surface area contributed by atoms with Crippen LogP contribution in [0.5, 0.6) is 0 Å². The van der Waals surface area contributed by atoms with Gasteiger partial charge < -0.3 is 4.90 Å². The highest BCUT2D eigenvalue weighted by Gasteiger charge is 2.26. The highest BCUT2D eigenvalue weighted by atomic mass is 79.9. The molecule has 7 heteroatoms. The molecule has 3 N–H and O–H groups in total. The van der Waals surface area contributed by atoms with Crippen LogP contribution in [0.3, 0.4) is 0 Å². The number of thioether (sulfide) groups is 1. The van der Waals surface area contributed by atoms with Crippen molar-refractivity contribution in [3.8, 4) is 0 Å². The Kier molecular flexibility index (Phi) is 6.08. The Morgan fingerprint density at radius 3 is 2.71 bits per heavy atom. The molecule has 2 rings (SSSR count). The van der Waals surface area contributed by atoms with Crippen LogP contribution in [-0.2, 0) is 9.59 Å². The second-order valence-corrected chi connectivity index (χ2v) is 6.87. The summed E-state index contributed by atoms with van der Waals surface area (Å²) in [7, 11) is 0. The summed E-state index contributed by atoms with van der Waals surface area (Å²) in [5.74, 6) is 5.47. The Morgan fingerprint density at radius 1 is 1.38 bits per heavy atom. The van der Waals surface area contributed by atoms with E-state index in [0.717, 1.165) is 9.37 Å². The highest BCUT2D eigenvalue weighted by Crippen LogP contribution is 2.23. The summed E-state index contributed by atoms with van der Waals surface area (Å²) in [6, 6.07) is 7.89. The number of carbonyl (C=O) groups excluding carboxylic acids is 2. The van der Waals surface area contributed by atoms with E-state index in [9.17, 15) is 9.59 Å². The molecule has 21 heavy (non-hydrogen) atoms. The van der Waals surface area contributed by atoms with Crippen molar-refractivity contribution in [1.82, 2.24) is 10.3 Å². The fourth-order valence-electron chi connectivity index (χ4n) is 2.30. The van der Waals surface area contributed by atoms with E-state index in [1.165, 1.54) is 11.8 Å². The van der Waals surface area contributed by atoms with E-state index < -0.39 is 0 Å². The lowest BCUT2D eigenvalue weighted by Crippen LogP contribution is -2.45. The molecule has 1 aromatic rings. The Hall–Kier alpha value is -1.05. The topological polar surface area (TPSA) is 75.4 Å². The average molecular weight is 372 g/mol. The van der Waals surface area contributed by atoms with Crippen molar-refractivity contribution < 1.29 is 9.59 Å². The molecule has 1 heterocycles. The van der Waals surface area contributed by atoms with Gasteiger partial charge in [-0.3, -0.25) is 15.0 Å². The molecule has 0 aromatic heterocycles. The zero-order chi connectivity index (χ0) is 15.2. The summed E-state index contributed by atoms with van der Waals surface area (Å²) in [6.45, 7) is 1.24. The van der Waals surface area contributed by atoms with Gasteiger partial charge in [0.1, 0.15) is 0 Å². The number of piperidine rings is 1. The number of benzene rings is 1. The van der Waals surface area contributed by atoms with Crippen LogP contribution in [0.4, 0.5) is 0 Å². The number of nitrogens with zero attached hydrogens (tertiary/aromatic N) is 1. The van der Waals surface area contributed by atoms with Crippen LogP contribution in [0, 0.1) is 5.92 Å². The van der Waals surface area contributed by atoms with Crippen LogP contribution < -0.4 is 11.3 Å². The van der Waals surface area contributed by atoms with E-state index in [0.29, 0.717) is 31.7 Å². The maximum atomic E-state index is 12.2. The van der Waals surface area contributed by atoms with Gasteiger partial charge in [0.25, 0.3) is 0 Å². The van der Waals surface area contributed by atoms with Gasteiger partial charge in [-0.2, -0.15) is 0 Å². The summed E-state index contributed by atoms with van der Waals surface area (Å²) in [4.78, 5) is 26.5. The molecule has 0 unspecified atom stereocenters. The lowest BCUT2D eigenvalue weighted by Gasteiger charge is -2.31. The Bertz CT molecular complexity index is 519. The first-order chi connectivity index (χ1) is 10.1. The van der Waals surface area contributed by atoms with Crippen molar-refractivity contribution in [3.63, 3.8) is 0 Å². The van der Waals surface area contributed by atoms with E-state index >= 15 is 0 Å². The van der Waals surface area contributed by atoms with Gasteiger partial charge in [0.05, 0.1) is 5.75 Å². The predicted molar refractivity (Wildman–Crippen MR) is 86.5 cm³/mol.